The molecule has 1 aliphatic heterocycles. The highest BCUT2D eigenvalue weighted by atomic mass is 16.2. The van der Waals surface area contributed by atoms with Gasteiger partial charge in [0.25, 0.3) is 5.91 Å². The van der Waals surface area contributed by atoms with Crippen LogP contribution in [0.1, 0.15) is 35.3 Å². The zero-order chi connectivity index (χ0) is 10.7. The zero-order valence-corrected chi connectivity index (χ0v) is 8.64. The maximum atomic E-state index is 11.2. The molecule has 2 N–H and O–H groups in total. The normalized spacial score (nSPS) is 12.8. The number of nitrogens with one attached hydrogen (secondary N) is 2. The van der Waals surface area contributed by atoms with Gasteiger partial charge in [0.1, 0.15) is 5.84 Å². The molecule has 14 heavy (non-hydrogen) atoms. The van der Waals surface area contributed by atoms with E-state index >= 15 is 0 Å². The average Bonchev–Trinajstić information content (AvgIpc) is 2.46. The van der Waals surface area contributed by atoms with Crippen LogP contribution in [0.15, 0.2) is 18.2 Å². The summed E-state index contributed by atoms with van der Waals surface area (Å²) in [5.74, 6) is 0.0358. The highest BCUT2D eigenvalue weighted by Crippen LogP contribution is 2.16. The van der Waals surface area contributed by atoms with Crippen LogP contribution in [-0.4, -0.2) is 11.7 Å². The maximum absolute atomic E-state index is 11.2. The first-order valence-corrected chi connectivity index (χ1v) is 4.69. The van der Waals surface area contributed by atoms with Crippen LogP contribution < -0.4 is 5.32 Å². The van der Waals surface area contributed by atoms with E-state index in [4.69, 9.17) is 5.41 Å². The van der Waals surface area contributed by atoms with Crippen LogP contribution in [0.3, 0.4) is 0 Å². The van der Waals surface area contributed by atoms with Crippen LogP contribution in [0.2, 0.25) is 0 Å². The number of hydrogen-bond acceptors (Lipinski definition) is 2. The molecule has 3 nitrogen and oxygen atoms in total. The predicted octanol–water partition coefficient (Wildman–Crippen LogP) is 2.09. The molecule has 1 aromatic rings. The molecule has 3 heteroatoms. The summed E-state index contributed by atoms with van der Waals surface area (Å²) >= 11 is 0. The molecule has 0 saturated heterocycles. The summed E-state index contributed by atoms with van der Waals surface area (Å²) in [6, 6.07) is 5.49. The fourth-order valence-corrected chi connectivity index (χ4v) is 1.31. The molecule has 2 rings (SSSR count). The molecule has 0 atom stereocenters. The van der Waals surface area contributed by atoms with Gasteiger partial charge in [0.05, 0.1) is 5.56 Å². The van der Waals surface area contributed by atoms with Gasteiger partial charge >= 0.3 is 0 Å². The van der Waals surface area contributed by atoms with Gasteiger partial charge < -0.3 is 5.32 Å². The summed E-state index contributed by atoms with van der Waals surface area (Å²) in [6.07, 6.45) is 0. The molecule has 0 unspecified atom stereocenters. The number of fused-ring (bicyclic) bond motifs is 1. The Kier molecular flexibility index (Phi) is 3.02. The minimum absolute atomic E-state index is 0.168. The summed E-state index contributed by atoms with van der Waals surface area (Å²) in [5, 5.41) is 9.85. The van der Waals surface area contributed by atoms with Gasteiger partial charge in [0, 0.05) is 5.56 Å². The van der Waals surface area contributed by atoms with Crippen LogP contribution >= 0.6 is 0 Å². The lowest BCUT2D eigenvalue weighted by atomic mass is 10.1. The Hall–Kier alpha value is -1.64. The van der Waals surface area contributed by atoms with Gasteiger partial charge in [-0.05, 0) is 13.0 Å². The Morgan fingerprint density at radius 1 is 1.21 bits per heavy atom. The third-order valence-corrected chi connectivity index (χ3v) is 1.93. The molecule has 1 aliphatic rings. The first kappa shape index (κ1) is 10.4. The third-order valence-electron chi connectivity index (χ3n) is 1.93. The van der Waals surface area contributed by atoms with Crippen molar-refractivity contribution < 1.29 is 4.79 Å². The van der Waals surface area contributed by atoms with Crippen molar-refractivity contribution in [2.45, 2.75) is 20.8 Å². The van der Waals surface area contributed by atoms with E-state index < -0.39 is 0 Å². The van der Waals surface area contributed by atoms with Crippen molar-refractivity contribution in [1.82, 2.24) is 5.32 Å². The predicted molar refractivity (Wildman–Crippen MR) is 56.8 cm³/mol. The smallest absolute Gasteiger partial charge is 0.257 e. The molecular weight excluding hydrogens is 176 g/mol. The van der Waals surface area contributed by atoms with Gasteiger partial charge in [0.15, 0.2) is 0 Å². The van der Waals surface area contributed by atoms with Gasteiger partial charge in [-0.2, -0.15) is 0 Å². The van der Waals surface area contributed by atoms with E-state index in [-0.39, 0.29) is 11.7 Å². The second-order valence-electron chi connectivity index (χ2n) is 2.88. The van der Waals surface area contributed by atoms with Crippen molar-refractivity contribution in [3.8, 4) is 0 Å². The first-order chi connectivity index (χ1) is 6.68. The van der Waals surface area contributed by atoms with E-state index in [2.05, 4.69) is 5.32 Å². The number of amidine groups is 1. The minimum atomic E-state index is -0.168. The van der Waals surface area contributed by atoms with Crippen molar-refractivity contribution in [1.29, 1.82) is 5.41 Å². The average molecular weight is 190 g/mol. The fourth-order valence-electron chi connectivity index (χ4n) is 1.31. The van der Waals surface area contributed by atoms with Gasteiger partial charge in [-0.1, -0.05) is 31.5 Å². The second-order valence-corrected chi connectivity index (χ2v) is 2.88. The van der Waals surface area contributed by atoms with Crippen molar-refractivity contribution in [2.24, 2.45) is 0 Å². The molecule has 0 spiro atoms. The number of carbonyl (C=O) groups is 1. The maximum Gasteiger partial charge on any atom is 0.257 e. The SMILES string of the molecule is CC.Cc1ccc2c(c1)C(=O)NC2=N. The molecule has 0 radical (unpaired) electrons. The number of carbonyl (C=O) groups excluding carboxylic acids is 1. The standard InChI is InChI=1S/C9H8N2O.C2H6/c1-5-2-3-6-7(4-5)9(12)11-8(6)10;1-2/h2-4H,1H3,(H2,10,11,12);1-2H3. The van der Waals surface area contributed by atoms with E-state index in [1.807, 2.05) is 26.8 Å². The van der Waals surface area contributed by atoms with E-state index in [1.54, 1.807) is 12.1 Å². The first-order valence-electron chi connectivity index (χ1n) is 4.69. The van der Waals surface area contributed by atoms with Crippen LogP contribution in [0.25, 0.3) is 0 Å². The van der Waals surface area contributed by atoms with Gasteiger partial charge in [-0.25, -0.2) is 0 Å². The Balaban J connectivity index is 0.000000461. The highest BCUT2D eigenvalue weighted by molar-refractivity contribution is 6.22. The van der Waals surface area contributed by atoms with E-state index in [1.165, 1.54) is 0 Å². The number of aryl methyl sites for hydroxylation is 1. The molecule has 1 amide bonds. The number of amides is 1. The van der Waals surface area contributed by atoms with Crippen molar-refractivity contribution in [3.05, 3.63) is 34.9 Å². The van der Waals surface area contributed by atoms with Gasteiger partial charge in [-0.15, -0.1) is 0 Å². The molecule has 0 aliphatic carbocycles. The lowest BCUT2D eigenvalue weighted by Gasteiger charge is -1.95. The summed E-state index contributed by atoms with van der Waals surface area (Å²) in [5.41, 5.74) is 2.35. The third kappa shape index (κ3) is 1.66. The molecule has 0 aromatic heterocycles. The van der Waals surface area contributed by atoms with Crippen LogP contribution in [0.5, 0.6) is 0 Å². The number of rotatable bonds is 0. The Labute approximate surface area is 83.7 Å². The van der Waals surface area contributed by atoms with Crippen molar-refractivity contribution >= 4 is 11.7 Å². The van der Waals surface area contributed by atoms with Crippen LogP contribution in [-0.2, 0) is 0 Å². The van der Waals surface area contributed by atoms with E-state index in [9.17, 15) is 4.79 Å². The summed E-state index contributed by atoms with van der Waals surface area (Å²) in [6.45, 7) is 5.93. The summed E-state index contributed by atoms with van der Waals surface area (Å²) in [4.78, 5) is 11.2. The number of hydrogen-bond donors (Lipinski definition) is 2. The number of benzene rings is 1. The molecular formula is C11H14N2O. The van der Waals surface area contributed by atoms with Gasteiger partial charge in [0.2, 0.25) is 0 Å². The molecule has 74 valence electrons. The quantitative estimate of drug-likeness (QED) is 0.646. The van der Waals surface area contributed by atoms with Crippen molar-refractivity contribution in [3.63, 3.8) is 0 Å². The summed E-state index contributed by atoms with van der Waals surface area (Å²) < 4.78 is 0. The molecule has 1 aromatic carbocycles. The second kappa shape index (κ2) is 4.05. The fraction of sp³-hybridized carbons (Fsp3) is 0.273. The Bertz CT molecular complexity index is 383. The van der Waals surface area contributed by atoms with E-state index in [0.717, 1.165) is 5.56 Å². The van der Waals surface area contributed by atoms with Crippen LogP contribution in [0.4, 0.5) is 0 Å². The monoisotopic (exact) mass is 190 g/mol. The largest absolute Gasteiger partial charge is 0.307 e. The molecule has 1 heterocycles. The Morgan fingerprint density at radius 3 is 2.50 bits per heavy atom. The lowest BCUT2D eigenvalue weighted by Crippen LogP contribution is -2.19. The van der Waals surface area contributed by atoms with Crippen molar-refractivity contribution in [2.75, 3.05) is 0 Å². The molecule has 0 fully saturated rings. The minimum Gasteiger partial charge on any atom is -0.307 e. The zero-order valence-electron chi connectivity index (χ0n) is 8.64. The van der Waals surface area contributed by atoms with Crippen LogP contribution in [0, 0.1) is 12.3 Å². The highest BCUT2D eigenvalue weighted by Gasteiger charge is 2.22. The van der Waals surface area contributed by atoms with E-state index in [0.29, 0.717) is 11.1 Å². The lowest BCUT2D eigenvalue weighted by molar-refractivity contribution is 0.0983. The summed E-state index contributed by atoms with van der Waals surface area (Å²) in [7, 11) is 0. The molecule has 0 bridgehead atoms. The molecule has 0 saturated carbocycles. The topological polar surface area (TPSA) is 53.0 Å². The Morgan fingerprint density at radius 2 is 1.86 bits per heavy atom. The van der Waals surface area contributed by atoms with Gasteiger partial charge in [-0.3, -0.25) is 10.2 Å².